The Morgan fingerprint density at radius 1 is 1.40 bits per heavy atom. The van der Waals surface area contributed by atoms with Gasteiger partial charge in [0, 0.05) is 23.3 Å². The van der Waals surface area contributed by atoms with Crippen LogP contribution in [0.4, 0.5) is 0 Å². The van der Waals surface area contributed by atoms with E-state index in [9.17, 15) is 0 Å². The van der Waals surface area contributed by atoms with Gasteiger partial charge in [-0.25, -0.2) is 0 Å². The average Bonchev–Trinajstić information content (AvgIpc) is 2.17. The minimum absolute atomic E-state index is 0.199. The van der Waals surface area contributed by atoms with Crippen LogP contribution in [0.15, 0.2) is 18.2 Å². The van der Waals surface area contributed by atoms with E-state index in [0.717, 1.165) is 6.54 Å². The van der Waals surface area contributed by atoms with Crippen LogP contribution in [-0.2, 0) is 5.41 Å². The molecule has 82 valence electrons. The number of pyridine rings is 1. The third-order valence-corrected chi connectivity index (χ3v) is 3.61. The van der Waals surface area contributed by atoms with Crippen LogP contribution in [0.5, 0.6) is 0 Å². The van der Waals surface area contributed by atoms with Crippen LogP contribution in [0.1, 0.15) is 50.4 Å². The molecule has 2 nitrogen and oxygen atoms in total. The quantitative estimate of drug-likeness (QED) is 0.822. The molecule has 0 aliphatic heterocycles. The molecule has 0 unspecified atom stereocenters. The van der Waals surface area contributed by atoms with Crippen LogP contribution < -0.4 is 5.73 Å². The zero-order valence-corrected chi connectivity index (χ0v) is 9.66. The van der Waals surface area contributed by atoms with Crippen molar-refractivity contribution in [2.45, 2.75) is 44.4 Å². The maximum Gasteiger partial charge on any atom is 0.0481 e. The molecule has 0 atom stereocenters. The maximum atomic E-state index is 5.89. The van der Waals surface area contributed by atoms with Gasteiger partial charge >= 0.3 is 0 Å². The number of aromatic nitrogens is 1. The van der Waals surface area contributed by atoms with E-state index in [-0.39, 0.29) is 5.41 Å². The van der Waals surface area contributed by atoms with E-state index in [1.54, 1.807) is 0 Å². The first-order valence-electron chi connectivity index (χ1n) is 5.85. The predicted molar refractivity (Wildman–Crippen MR) is 62.9 cm³/mol. The highest BCUT2D eigenvalue weighted by atomic mass is 14.8. The summed E-state index contributed by atoms with van der Waals surface area (Å²) < 4.78 is 0. The van der Waals surface area contributed by atoms with Crippen molar-refractivity contribution >= 4 is 0 Å². The van der Waals surface area contributed by atoms with Gasteiger partial charge in [-0.3, -0.25) is 4.98 Å². The number of nitrogens with zero attached hydrogens (tertiary/aromatic N) is 1. The summed E-state index contributed by atoms with van der Waals surface area (Å²) in [5.74, 6) is 0.500. The normalized spacial score (nSPS) is 18.9. The number of hydrogen-bond donors (Lipinski definition) is 1. The van der Waals surface area contributed by atoms with Crippen molar-refractivity contribution < 1.29 is 0 Å². The molecule has 0 aromatic carbocycles. The minimum atomic E-state index is 0.199. The molecule has 0 saturated heterocycles. The van der Waals surface area contributed by atoms with Crippen LogP contribution in [0.2, 0.25) is 0 Å². The summed E-state index contributed by atoms with van der Waals surface area (Å²) in [4.78, 5) is 4.76. The molecule has 1 aromatic rings. The lowest BCUT2D eigenvalue weighted by Gasteiger charge is -2.40. The second-order valence-electron chi connectivity index (χ2n) is 4.94. The van der Waals surface area contributed by atoms with Gasteiger partial charge in [0.15, 0.2) is 0 Å². The monoisotopic (exact) mass is 204 g/mol. The molecule has 1 aliphatic rings. The highest BCUT2D eigenvalue weighted by Gasteiger charge is 2.38. The van der Waals surface area contributed by atoms with Crippen LogP contribution in [0, 0.1) is 0 Å². The van der Waals surface area contributed by atoms with Crippen LogP contribution >= 0.6 is 0 Å². The van der Waals surface area contributed by atoms with Gasteiger partial charge in [0.25, 0.3) is 0 Å². The van der Waals surface area contributed by atoms with E-state index >= 15 is 0 Å². The molecular formula is C13H20N2. The standard InChI is InChI=1S/C13H20N2/c1-10(2)11-5-3-6-12(15-11)13(9-14)7-4-8-13/h3,5-6,10H,4,7-9,14H2,1-2H3. The van der Waals surface area contributed by atoms with Crippen LogP contribution in [-0.4, -0.2) is 11.5 Å². The molecule has 1 fully saturated rings. The summed E-state index contributed by atoms with van der Waals surface area (Å²) >= 11 is 0. The summed E-state index contributed by atoms with van der Waals surface area (Å²) in [5, 5.41) is 0. The Hall–Kier alpha value is -0.890. The van der Waals surface area contributed by atoms with Crippen molar-refractivity contribution in [2.24, 2.45) is 5.73 Å². The molecule has 1 saturated carbocycles. The molecule has 2 rings (SSSR count). The molecule has 2 N–H and O–H groups in total. The Morgan fingerprint density at radius 2 is 2.13 bits per heavy atom. The van der Waals surface area contributed by atoms with Crippen molar-refractivity contribution in [2.75, 3.05) is 6.54 Å². The zero-order valence-electron chi connectivity index (χ0n) is 9.66. The Kier molecular flexibility index (Phi) is 2.79. The van der Waals surface area contributed by atoms with Crippen molar-refractivity contribution in [3.63, 3.8) is 0 Å². The molecule has 0 bridgehead atoms. The molecule has 0 spiro atoms. The van der Waals surface area contributed by atoms with Crippen molar-refractivity contribution in [3.8, 4) is 0 Å². The van der Waals surface area contributed by atoms with Gasteiger partial charge in [-0.15, -0.1) is 0 Å². The van der Waals surface area contributed by atoms with Gasteiger partial charge in [-0.05, 0) is 30.9 Å². The molecule has 0 radical (unpaired) electrons. The molecule has 2 heteroatoms. The predicted octanol–water partition coefficient (Wildman–Crippen LogP) is 2.59. The van der Waals surface area contributed by atoms with Gasteiger partial charge < -0.3 is 5.73 Å². The Balaban J connectivity index is 2.31. The first-order chi connectivity index (χ1) is 7.18. The second kappa shape index (κ2) is 3.93. The Morgan fingerprint density at radius 3 is 2.60 bits per heavy atom. The molecular weight excluding hydrogens is 184 g/mol. The van der Waals surface area contributed by atoms with Gasteiger partial charge in [-0.2, -0.15) is 0 Å². The lowest BCUT2D eigenvalue weighted by atomic mass is 9.66. The summed E-state index contributed by atoms with van der Waals surface area (Å²) in [5.41, 5.74) is 8.48. The van der Waals surface area contributed by atoms with E-state index in [1.807, 2.05) is 0 Å². The fraction of sp³-hybridized carbons (Fsp3) is 0.615. The molecule has 0 amide bonds. The Labute approximate surface area is 91.9 Å². The highest BCUT2D eigenvalue weighted by molar-refractivity contribution is 5.24. The van der Waals surface area contributed by atoms with Crippen LogP contribution in [0.25, 0.3) is 0 Å². The van der Waals surface area contributed by atoms with Gasteiger partial charge in [-0.1, -0.05) is 26.3 Å². The fourth-order valence-electron chi connectivity index (χ4n) is 2.24. The van der Waals surface area contributed by atoms with Crippen molar-refractivity contribution in [1.82, 2.24) is 4.98 Å². The molecule has 1 heterocycles. The average molecular weight is 204 g/mol. The largest absolute Gasteiger partial charge is 0.330 e. The van der Waals surface area contributed by atoms with E-state index in [2.05, 4.69) is 32.0 Å². The second-order valence-corrected chi connectivity index (χ2v) is 4.94. The van der Waals surface area contributed by atoms with E-state index in [1.165, 1.54) is 30.7 Å². The first kappa shape index (κ1) is 10.6. The van der Waals surface area contributed by atoms with Gasteiger partial charge in [0.2, 0.25) is 0 Å². The van der Waals surface area contributed by atoms with Gasteiger partial charge in [0.1, 0.15) is 0 Å². The summed E-state index contributed by atoms with van der Waals surface area (Å²) in [6, 6.07) is 6.36. The topological polar surface area (TPSA) is 38.9 Å². The van der Waals surface area contributed by atoms with Crippen molar-refractivity contribution in [3.05, 3.63) is 29.6 Å². The highest BCUT2D eigenvalue weighted by Crippen LogP contribution is 2.42. The summed E-state index contributed by atoms with van der Waals surface area (Å²) in [7, 11) is 0. The smallest absolute Gasteiger partial charge is 0.0481 e. The van der Waals surface area contributed by atoms with E-state index in [4.69, 9.17) is 10.7 Å². The molecule has 1 aromatic heterocycles. The first-order valence-corrected chi connectivity index (χ1v) is 5.85. The number of hydrogen-bond acceptors (Lipinski definition) is 2. The molecule has 1 aliphatic carbocycles. The maximum absolute atomic E-state index is 5.89. The zero-order chi connectivity index (χ0) is 10.9. The van der Waals surface area contributed by atoms with E-state index in [0.29, 0.717) is 5.92 Å². The minimum Gasteiger partial charge on any atom is -0.330 e. The summed E-state index contributed by atoms with van der Waals surface area (Å²) in [6.07, 6.45) is 3.71. The lowest BCUT2D eigenvalue weighted by molar-refractivity contribution is 0.245. The summed E-state index contributed by atoms with van der Waals surface area (Å²) in [6.45, 7) is 5.10. The van der Waals surface area contributed by atoms with Gasteiger partial charge in [0.05, 0.1) is 0 Å². The third-order valence-electron chi connectivity index (χ3n) is 3.61. The number of rotatable bonds is 3. The fourth-order valence-corrected chi connectivity index (χ4v) is 2.24. The molecule has 15 heavy (non-hydrogen) atoms. The number of nitrogens with two attached hydrogens (primary N) is 1. The Bertz CT molecular complexity index is 335. The SMILES string of the molecule is CC(C)c1cccc(C2(CN)CCC2)n1. The van der Waals surface area contributed by atoms with Crippen LogP contribution in [0.3, 0.4) is 0 Å². The van der Waals surface area contributed by atoms with E-state index < -0.39 is 0 Å². The lowest BCUT2D eigenvalue weighted by Crippen LogP contribution is -2.42. The van der Waals surface area contributed by atoms with Crippen molar-refractivity contribution in [1.29, 1.82) is 0 Å². The third kappa shape index (κ3) is 1.78.